The Labute approximate surface area is 132 Å². The Morgan fingerprint density at radius 1 is 1.32 bits per heavy atom. The number of H-pyrrole nitrogens is 1. The smallest absolute Gasteiger partial charge is 0.108 e. The minimum absolute atomic E-state index is 0.108. The van der Waals surface area contributed by atoms with Gasteiger partial charge in [0.25, 0.3) is 0 Å². The molecule has 2 aromatic rings. The Balaban J connectivity index is 1.50. The molecule has 0 bridgehead atoms. The lowest BCUT2D eigenvalue weighted by Crippen LogP contribution is -2.20. The molecule has 0 atom stereocenters. The third-order valence-corrected chi connectivity index (χ3v) is 4.30. The Morgan fingerprint density at radius 2 is 2.18 bits per heavy atom. The van der Waals surface area contributed by atoms with Gasteiger partial charge < -0.3 is 9.88 Å². The fourth-order valence-electron chi connectivity index (χ4n) is 3.13. The van der Waals surface area contributed by atoms with E-state index in [4.69, 9.17) is 4.98 Å². The molecule has 0 radical (unpaired) electrons. The first-order chi connectivity index (χ1) is 10.5. The van der Waals surface area contributed by atoms with E-state index in [9.17, 15) is 0 Å². The SMILES string of the molecule is CC(C)(C)c1[nH]ncc1CNCCc1cn2c(n1)CCCC2. The van der Waals surface area contributed by atoms with Crippen LogP contribution in [-0.2, 0) is 31.3 Å². The van der Waals surface area contributed by atoms with E-state index in [1.165, 1.54) is 35.6 Å². The number of hydrogen-bond acceptors (Lipinski definition) is 3. The zero-order valence-electron chi connectivity index (χ0n) is 13.9. The quantitative estimate of drug-likeness (QED) is 0.835. The summed E-state index contributed by atoms with van der Waals surface area (Å²) in [5, 5.41) is 10.8. The molecule has 0 spiro atoms. The molecule has 22 heavy (non-hydrogen) atoms. The van der Waals surface area contributed by atoms with Crippen LogP contribution in [0.3, 0.4) is 0 Å². The monoisotopic (exact) mass is 301 g/mol. The van der Waals surface area contributed by atoms with E-state index in [0.29, 0.717) is 0 Å². The number of hydrogen-bond donors (Lipinski definition) is 2. The van der Waals surface area contributed by atoms with E-state index < -0.39 is 0 Å². The molecule has 0 saturated heterocycles. The van der Waals surface area contributed by atoms with Gasteiger partial charge >= 0.3 is 0 Å². The number of imidazole rings is 1. The lowest BCUT2D eigenvalue weighted by atomic mass is 9.89. The summed E-state index contributed by atoms with van der Waals surface area (Å²) >= 11 is 0. The van der Waals surface area contributed by atoms with E-state index in [0.717, 1.165) is 32.5 Å². The van der Waals surface area contributed by atoms with Crippen LogP contribution in [0.1, 0.15) is 56.4 Å². The van der Waals surface area contributed by atoms with Gasteiger partial charge in [-0.05, 0) is 12.8 Å². The number of aromatic nitrogens is 4. The Morgan fingerprint density at radius 3 is 2.95 bits per heavy atom. The van der Waals surface area contributed by atoms with E-state index in [-0.39, 0.29) is 5.41 Å². The van der Waals surface area contributed by atoms with Crippen LogP contribution in [0.2, 0.25) is 0 Å². The zero-order valence-corrected chi connectivity index (χ0v) is 13.9. The summed E-state index contributed by atoms with van der Waals surface area (Å²) in [5.41, 5.74) is 3.80. The second-order valence-corrected chi connectivity index (χ2v) is 7.25. The number of rotatable bonds is 5. The summed E-state index contributed by atoms with van der Waals surface area (Å²) in [6, 6.07) is 0. The topological polar surface area (TPSA) is 58.5 Å². The highest BCUT2D eigenvalue weighted by atomic mass is 15.1. The van der Waals surface area contributed by atoms with Gasteiger partial charge in [-0.1, -0.05) is 20.8 Å². The molecule has 3 rings (SSSR count). The predicted octanol–water partition coefficient (Wildman–Crippen LogP) is 2.57. The minimum atomic E-state index is 0.108. The van der Waals surface area contributed by atoms with Crippen LogP contribution >= 0.6 is 0 Å². The van der Waals surface area contributed by atoms with Crippen molar-refractivity contribution in [1.82, 2.24) is 25.1 Å². The summed E-state index contributed by atoms with van der Waals surface area (Å²) in [4.78, 5) is 4.75. The van der Waals surface area contributed by atoms with Gasteiger partial charge in [-0.2, -0.15) is 5.10 Å². The summed E-state index contributed by atoms with van der Waals surface area (Å²) in [6.45, 7) is 9.57. The van der Waals surface area contributed by atoms with Crippen molar-refractivity contribution in [1.29, 1.82) is 0 Å². The summed E-state index contributed by atoms with van der Waals surface area (Å²) in [5.74, 6) is 1.27. The number of nitrogens with one attached hydrogen (secondary N) is 2. The third kappa shape index (κ3) is 3.40. The van der Waals surface area contributed by atoms with Gasteiger partial charge in [0.15, 0.2) is 0 Å². The Hall–Kier alpha value is -1.62. The van der Waals surface area contributed by atoms with Crippen molar-refractivity contribution >= 4 is 0 Å². The number of aryl methyl sites for hydroxylation is 2. The molecule has 1 aliphatic rings. The summed E-state index contributed by atoms with van der Waals surface area (Å²) in [7, 11) is 0. The molecule has 2 aromatic heterocycles. The van der Waals surface area contributed by atoms with Crippen LogP contribution in [0, 0.1) is 0 Å². The highest BCUT2D eigenvalue weighted by Crippen LogP contribution is 2.23. The Kier molecular flexibility index (Phi) is 4.34. The van der Waals surface area contributed by atoms with Gasteiger partial charge in [-0.15, -0.1) is 0 Å². The lowest BCUT2D eigenvalue weighted by molar-refractivity contribution is 0.522. The molecule has 120 valence electrons. The molecule has 0 amide bonds. The van der Waals surface area contributed by atoms with E-state index in [1.807, 2.05) is 6.20 Å². The fourth-order valence-corrected chi connectivity index (χ4v) is 3.13. The van der Waals surface area contributed by atoms with Crippen molar-refractivity contribution < 1.29 is 0 Å². The molecular weight excluding hydrogens is 274 g/mol. The summed E-state index contributed by atoms with van der Waals surface area (Å²) in [6.07, 6.45) is 8.86. The summed E-state index contributed by atoms with van der Waals surface area (Å²) < 4.78 is 2.33. The van der Waals surface area contributed by atoms with Gasteiger partial charge in [0, 0.05) is 55.3 Å². The maximum Gasteiger partial charge on any atom is 0.108 e. The van der Waals surface area contributed by atoms with Crippen LogP contribution < -0.4 is 5.32 Å². The first-order valence-corrected chi connectivity index (χ1v) is 8.32. The molecule has 0 saturated carbocycles. The fraction of sp³-hybridized carbons (Fsp3) is 0.647. The van der Waals surface area contributed by atoms with Crippen molar-refractivity contribution in [2.75, 3.05) is 6.54 Å². The van der Waals surface area contributed by atoms with E-state index >= 15 is 0 Å². The molecule has 1 aliphatic heterocycles. The van der Waals surface area contributed by atoms with Crippen molar-refractivity contribution in [2.24, 2.45) is 0 Å². The number of fused-ring (bicyclic) bond motifs is 1. The molecular formula is C17H27N5. The molecule has 2 N–H and O–H groups in total. The average Bonchev–Trinajstić information content (AvgIpc) is 3.09. The maximum absolute atomic E-state index is 4.75. The normalized spacial score (nSPS) is 15.0. The standard InChI is InChI=1S/C17H27N5/c1-17(2,3)16-13(11-19-21-16)10-18-8-7-14-12-22-9-5-4-6-15(22)20-14/h11-12,18H,4-10H2,1-3H3,(H,19,21). The lowest BCUT2D eigenvalue weighted by Gasteiger charge is -2.18. The van der Waals surface area contributed by atoms with Crippen LogP contribution in [0.5, 0.6) is 0 Å². The van der Waals surface area contributed by atoms with Gasteiger partial charge in [-0.3, -0.25) is 5.10 Å². The van der Waals surface area contributed by atoms with E-state index in [1.54, 1.807) is 0 Å². The molecule has 0 aromatic carbocycles. The highest BCUT2D eigenvalue weighted by molar-refractivity contribution is 5.23. The van der Waals surface area contributed by atoms with Crippen LogP contribution in [-0.4, -0.2) is 26.3 Å². The molecule has 0 fully saturated rings. The van der Waals surface area contributed by atoms with Gasteiger partial charge in [0.2, 0.25) is 0 Å². The van der Waals surface area contributed by atoms with Crippen LogP contribution in [0.15, 0.2) is 12.4 Å². The first-order valence-electron chi connectivity index (χ1n) is 8.32. The first kappa shape index (κ1) is 15.3. The molecule has 3 heterocycles. The van der Waals surface area contributed by atoms with Crippen LogP contribution in [0.25, 0.3) is 0 Å². The molecule has 0 aliphatic carbocycles. The third-order valence-electron chi connectivity index (χ3n) is 4.30. The number of nitrogens with zero attached hydrogens (tertiary/aromatic N) is 3. The Bertz CT molecular complexity index is 594. The molecule has 5 nitrogen and oxygen atoms in total. The van der Waals surface area contributed by atoms with Crippen molar-refractivity contribution in [2.45, 2.75) is 65.0 Å². The minimum Gasteiger partial charge on any atom is -0.335 e. The molecule has 5 heteroatoms. The van der Waals surface area contributed by atoms with Crippen molar-refractivity contribution in [3.05, 3.63) is 35.2 Å². The second-order valence-electron chi connectivity index (χ2n) is 7.25. The van der Waals surface area contributed by atoms with E-state index in [2.05, 4.69) is 47.0 Å². The van der Waals surface area contributed by atoms with Gasteiger partial charge in [0.1, 0.15) is 5.82 Å². The van der Waals surface area contributed by atoms with Gasteiger partial charge in [0.05, 0.1) is 11.9 Å². The number of aromatic amines is 1. The van der Waals surface area contributed by atoms with Crippen molar-refractivity contribution in [3.63, 3.8) is 0 Å². The van der Waals surface area contributed by atoms with Crippen molar-refractivity contribution in [3.8, 4) is 0 Å². The van der Waals surface area contributed by atoms with Crippen LogP contribution in [0.4, 0.5) is 0 Å². The maximum atomic E-state index is 4.75. The average molecular weight is 301 g/mol. The molecule has 0 unspecified atom stereocenters. The second kappa shape index (κ2) is 6.24. The predicted molar refractivity (Wildman–Crippen MR) is 87.9 cm³/mol. The largest absolute Gasteiger partial charge is 0.335 e. The zero-order chi connectivity index (χ0) is 15.6. The van der Waals surface area contributed by atoms with Gasteiger partial charge in [-0.25, -0.2) is 4.98 Å². The highest BCUT2D eigenvalue weighted by Gasteiger charge is 2.19.